The van der Waals surface area contributed by atoms with Crippen LogP contribution in [0.2, 0.25) is 10.0 Å². The SMILES string of the molecule is Cc1ccc(C(=O)O)cc1NC(=O)[C@H](C)Oc1ccc(Cl)cc1Cl. The normalized spacial score (nSPS) is 11.7. The summed E-state index contributed by atoms with van der Waals surface area (Å²) < 4.78 is 5.53. The summed E-state index contributed by atoms with van der Waals surface area (Å²) in [6, 6.07) is 9.20. The zero-order valence-electron chi connectivity index (χ0n) is 13.0. The van der Waals surface area contributed by atoms with Crippen molar-refractivity contribution in [3.8, 4) is 5.75 Å². The van der Waals surface area contributed by atoms with Gasteiger partial charge in [-0.05, 0) is 49.7 Å². The van der Waals surface area contributed by atoms with Gasteiger partial charge in [0, 0.05) is 10.7 Å². The Labute approximate surface area is 149 Å². The lowest BCUT2D eigenvalue weighted by Gasteiger charge is -2.17. The molecule has 7 heteroatoms. The second-order valence-corrected chi connectivity index (χ2v) is 6.00. The fraction of sp³-hybridized carbons (Fsp3) is 0.176. The Kier molecular flexibility index (Phi) is 5.70. The maximum absolute atomic E-state index is 12.3. The van der Waals surface area contributed by atoms with Crippen molar-refractivity contribution >= 4 is 40.8 Å². The number of amides is 1. The van der Waals surface area contributed by atoms with Crippen LogP contribution in [-0.4, -0.2) is 23.1 Å². The van der Waals surface area contributed by atoms with Gasteiger partial charge in [0.2, 0.25) is 0 Å². The molecule has 0 radical (unpaired) electrons. The van der Waals surface area contributed by atoms with Gasteiger partial charge in [-0.2, -0.15) is 0 Å². The first-order chi connectivity index (χ1) is 11.3. The van der Waals surface area contributed by atoms with E-state index in [1.54, 1.807) is 32.0 Å². The minimum Gasteiger partial charge on any atom is -0.479 e. The smallest absolute Gasteiger partial charge is 0.335 e. The number of benzene rings is 2. The van der Waals surface area contributed by atoms with Gasteiger partial charge in [0.05, 0.1) is 10.6 Å². The van der Waals surface area contributed by atoms with Crippen LogP contribution in [-0.2, 0) is 4.79 Å². The van der Waals surface area contributed by atoms with Gasteiger partial charge in [0.25, 0.3) is 5.91 Å². The Morgan fingerprint density at radius 1 is 1.17 bits per heavy atom. The molecule has 0 aliphatic rings. The van der Waals surface area contributed by atoms with Crippen molar-refractivity contribution < 1.29 is 19.4 Å². The summed E-state index contributed by atoms with van der Waals surface area (Å²) in [4.78, 5) is 23.3. The first-order valence-corrected chi connectivity index (χ1v) is 7.80. The van der Waals surface area contributed by atoms with Gasteiger partial charge in [-0.1, -0.05) is 29.3 Å². The van der Waals surface area contributed by atoms with Gasteiger partial charge in [-0.3, -0.25) is 4.79 Å². The number of carbonyl (C=O) groups excluding carboxylic acids is 1. The summed E-state index contributed by atoms with van der Waals surface area (Å²) >= 11 is 11.8. The number of ether oxygens (including phenoxy) is 1. The Bertz CT molecular complexity index is 792. The van der Waals surface area contributed by atoms with E-state index in [4.69, 9.17) is 33.0 Å². The Hall–Kier alpha value is -2.24. The van der Waals surface area contributed by atoms with Crippen molar-refractivity contribution in [2.45, 2.75) is 20.0 Å². The van der Waals surface area contributed by atoms with E-state index in [1.165, 1.54) is 18.2 Å². The third-order valence-corrected chi connectivity index (χ3v) is 3.84. The molecule has 0 bridgehead atoms. The van der Waals surface area contributed by atoms with Crippen molar-refractivity contribution in [1.29, 1.82) is 0 Å². The van der Waals surface area contributed by atoms with E-state index in [-0.39, 0.29) is 5.56 Å². The van der Waals surface area contributed by atoms with Gasteiger partial charge in [-0.15, -0.1) is 0 Å². The average Bonchev–Trinajstić information content (AvgIpc) is 2.51. The standard InChI is InChI=1S/C17H15Cl2NO4/c1-9-3-4-11(17(22)23)7-14(9)20-16(21)10(2)24-15-6-5-12(18)8-13(15)19/h3-8,10H,1-2H3,(H,20,21)(H,22,23)/t10-/m0/s1. The second kappa shape index (κ2) is 7.55. The summed E-state index contributed by atoms with van der Waals surface area (Å²) in [5.41, 5.74) is 1.24. The van der Waals surface area contributed by atoms with Crippen molar-refractivity contribution in [1.82, 2.24) is 0 Å². The molecule has 126 valence electrons. The molecule has 1 amide bonds. The molecule has 0 saturated heterocycles. The van der Waals surface area contributed by atoms with E-state index in [0.717, 1.165) is 5.56 Å². The molecule has 0 aliphatic heterocycles. The first kappa shape index (κ1) is 18.1. The van der Waals surface area contributed by atoms with Crippen LogP contribution >= 0.6 is 23.2 Å². The number of aryl methyl sites for hydroxylation is 1. The van der Waals surface area contributed by atoms with E-state index in [2.05, 4.69) is 5.32 Å². The highest BCUT2D eigenvalue weighted by atomic mass is 35.5. The molecule has 0 spiro atoms. The van der Waals surface area contributed by atoms with E-state index in [0.29, 0.717) is 21.5 Å². The monoisotopic (exact) mass is 367 g/mol. The fourth-order valence-electron chi connectivity index (χ4n) is 1.94. The molecule has 2 N–H and O–H groups in total. The average molecular weight is 368 g/mol. The highest BCUT2D eigenvalue weighted by molar-refractivity contribution is 6.35. The van der Waals surface area contributed by atoms with Crippen LogP contribution in [0.3, 0.4) is 0 Å². The molecule has 0 saturated carbocycles. The summed E-state index contributed by atoms with van der Waals surface area (Å²) in [7, 11) is 0. The number of hydrogen-bond acceptors (Lipinski definition) is 3. The molecule has 5 nitrogen and oxygen atoms in total. The van der Waals surface area contributed by atoms with Crippen molar-refractivity contribution in [2.24, 2.45) is 0 Å². The predicted molar refractivity (Wildman–Crippen MR) is 93.3 cm³/mol. The van der Waals surface area contributed by atoms with Gasteiger partial charge >= 0.3 is 5.97 Å². The van der Waals surface area contributed by atoms with Gasteiger partial charge in [0.15, 0.2) is 6.10 Å². The van der Waals surface area contributed by atoms with Crippen molar-refractivity contribution in [2.75, 3.05) is 5.32 Å². The summed E-state index contributed by atoms with van der Waals surface area (Å²) in [5, 5.41) is 12.4. The summed E-state index contributed by atoms with van der Waals surface area (Å²) in [6.45, 7) is 3.33. The largest absolute Gasteiger partial charge is 0.479 e. The number of anilines is 1. The molecule has 24 heavy (non-hydrogen) atoms. The summed E-state index contributed by atoms with van der Waals surface area (Å²) in [5.74, 6) is -1.16. The highest BCUT2D eigenvalue weighted by Gasteiger charge is 2.18. The van der Waals surface area contributed by atoms with Crippen molar-refractivity contribution in [3.05, 3.63) is 57.6 Å². The van der Waals surface area contributed by atoms with Crippen LogP contribution in [0.25, 0.3) is 0 Å². The predicted octanol–water partition coefficient (Wildman–Crippen LogP) is 4.41. The molecule has 2 rings (SSSR count). The Morgan fingerprint density at radius 3 is 2.50 bits per heavy atom. The molecule has 0 aliphatic carbocycles. The van der Waals surface area contributed by atoms with Crippen LogP contribution < -0.4 is 10.1 Å². The zero-order valence-corrected chi connectivity index (χ0v) is 14.5. The van der Waals surface area contributed by atoms with Crippen LogP contribution in [0.4, 0.5) is 5.69 Å². The second-order valence-electron chi connectivity index (χ2n) is 5.16. The zero-order chi connectivity index (χ0) is 17.9. The Morgan fingerprint density at radius 2 is 1.88 bits per heavy atom. The van der Waals surface area contributed by atoms with Gasteiger partial charge in [-0.25, -0.2) is 4.79 Å². The van der Waals surface area contributed by atoms with E-state index in [1.807, 2.05) is 0 Å². The molecular formula is C17H15Cl2NO4. The molecule has 2 aromatic rings. The minimum absolute atomic E-state index is 0.0882. The molecule has 0 heterocycles. The minimum atomic E-state index is -1.07. The number of carboxylic acids is 1. The van der Waals surface area contributed by atoms with Gasteiger partial charge < -0.3 is 15.2 Å². The maximum atomic E-state index is 12.3. The molecular weight excluding hydrogens is 353 g/mol. The first-order valence-electron chi connectivity index (χ1n) is 7.04. The number of carboxylic acid groups (broad SMARTS) is 1. The number of carbonyl (C=O) groups is 2. The van der Waals surface area contributed by atoms with Crippen LogP contribution in [0.5, 0.6) is 5.75 Å². The number of rotatable bonds is 5. The van der Waals surface area contributed by atoms with Crippen molar-refractivity contribution in [3.63, 3.8) is 0 Å². The van der Waals surface area contributed by atoms with E-state index < -0.39 is 18.0 Å². The topological polar surface area (TPSA) is 75.6 Å². The molecule has 0 fully saturated rings. The van der Waals surface area contributed by atoms with E-state index in [9.17, 15) is 9.59 Å². The number of aromatic carboxylic acids is 1. The number of nitrogens with one attached hydrogen (secondary N) is 1. The quantitative estimate of drug-likeness (QED) is 0.820. The molecule has 0 unspecified atom stereocenters. The fourth-order valence-corrected chi connectivity index (χ4v) is 2.39. The van der Waals surface area contributed by atoms with Crippen LogP contribution in [0, 0.1) is 6.92 Å². The van der Waals surface area contributed by atoms with Crippen LogP contribution in [0.1, 0.15) is 22.8 Å². The number of hydrogen-bond donors (Lipinski definition) is 2. The molecule has 0 aromatic heterocycles. The lowest BCUT2D eigenvalue weighted by molar-refractivity contribution is -0.122. The lowest BCUT2D eigenvalue weighted by atomic mass is 10.1. The lowest BCUT2D eigenvalue weighted by Crippen LogP contribution is -2.30. The molecule has 1 atom stereocenters. The highest BCUT2D eigenvalue weighted by Crippen LogP contribution is 2.28. The third kappa shape index (κ3) is 4.40. The number of halogens is 2. The van der Waals surface area contributed by atoms with Gasteiger partial charge in [0.1, 0.15) is 5.75 Å². The third-order valence-electron chi connectivity index (χ3n) is 3.31. The summed E-state index contributed by atoms with van der Waals surface area (Å²) in [6.07, 6.45) is -0.837. The van der Waals surface area contributed by atoms with E-state index >= 15 is 0 Å². The Balaban J connectivity index is 2.11. The van der Waals surface area contributed by atoms with Crippen LogP contribution in [0.15, 0.2) is 36.4 Å². The maximum Gasteiger partial charge on any atom is 0.335 e. The molecule has 2 aromatic carbocycles.